The van der Waals surface area contributed by atoms with Gasteiger partial charge in [0.1, 0.15) is 5.69 Å². The Morgan fingerprint density at radius 2 is 1.81 bits per heavy atom. The molecule has 0 spiro atoms. The molecule has 3 rings (SSSR count). The van der Waals surface area contributed by atoms with E-state index in [0.717, 1.165) is 5.56 Å². The second-order valence-corrected chi connectivity index (χ2v) is 4.71. The zero-order valence-electron chi connectivity index (χ0n) is 11.4. The van der Waals surface area contributed by atoms with E-state index in [1.807, 2.05) is 31.2 Å². The summed E-state index contributed by atoms with van der Waals surface area (Å²) in [5, 5.41) is 3.41. The van der Waals surface area contributed by atoms with Crippen molar-refractivity contribution >= 4 is 22.5 Å². The summed E-state index contributed by atoms with van der Waals surface area (Å²) in [7, 11) is 0. The number of fused-ring (bicyclic) bond motifs is 1. The molecule has 5 heteroatoms. The highest BCUT2D eigenvalue weighted by Crippen LogP contribution is 2.17. The van der Waals surface area contributed by atoms with Crippen molar-refractivity contribution in [1.82, 2.24) is 9.97 Å². The number of benzene rings is 2. The molecule has 0 aliphatic rings. The molecular formula is C16H13N3O2. The third-order valence-corrected chi connectivity index (χ3v) is 3.25. The van der Waals surface area contributed by atoms with Gasteiger partial charge in [0.15, 0.2) is 0 Å². The normalized spacial score (nSPS) is 10.5. The average molecular weight is 279 g/mol. The van der Waals surface area contributed by atoms with E-state index in [0.29, 0.717) is 16.6 Å². The Balaban J connectivity index is 2.06. The van der Waals surface area contributed by atoms with E-state index in [1.165, 1.54) is 0 Å². The van der Waals surface area contributed by atoms with Crippen LogP contribution in [0.4, 0.5) is 5.69 Å². The maximum Gasteiger partial charge on any atom is 0.346 e. The number of aromatic amines is 1. The van der Waals surface area contributed by atoms with Gasteiger partial charge in [0.2, 0.25) is 0 Å². The van der Waals surface area contributed by atoms with Crippen molar-refractivity contribution in [2.24, 2.45) is 0 Å². The molecule has 0 saturated heterocycles. The summed E-state index contributed by atoms with van der Waals surface area (Å²) in [5.41, 5.74) is 1.82. The fourth-order valence-electron chi connectivity index (χ4n) is 2.17. The van der Waals surface area contributed by atoms with E-state index in [9.17, 15) is 9.59 Å². The summed E-state index contributed by atoms with van der Waals surface area (Å²) >= 11 is 0. The first kappa shape index (κ1) is 13.1. The molecule has 0 radical (unpaired) electrons. The first-order valence-electron chi connectivity index (χ1n) is 6.51. The molecule has 2 aromatic carbocycles. The number of amides is 1. The lowest BCUT2D eigenvalue weighted by molar-refractivity contribution is 0.102. The molecule has 5 nitrogen and oxygen atoms in total. The van der Waals surface area contributed by atoms with Crippen molar-refractivity contribution in [2.45, 2.75) is 6.92 Å². The lowest BCUT2D eigenvalue weighted by Gasteiger charge is -2.08. The van der Waals surface area contributed by atoms with Crippen LogP contribution in [0.1, 0.15) is 16.1 Å². The molecule has 1 heterocycles. The summed E-state index contributed by atoms with van der Waals surface area (Å²) in [6.07, 6.45) is 0. The highest BCUT2D eigenvalue weighted by molar-refractivity contribution is 6.10. The topological polar surface area (TPSA) is 74.8 Å². The molecule has 2 N–H and O–H groups in total. The molecule has 0 bridgehead atoms. The number of hydrogen-bond donors (Lipinski definition) is 2. The van der Waals surface area contributed by atoms with E-state index in [2.05, 4.69) is 15.3 Å². The van der Waals surface area contributed by atoms with Gasteiger partial charge in [-0.3, -0.25) is 4.79 Å². The number of anilines is 1. The molecule has 0 fully saturated rings. The van der Waals surface area contributed by atoms with Gasteiger partial charge in [-0.2, -0.15) is 4.98 Å². The molecule has 104 valence electrons. The van der Waals surface area contributed by atoms with E-state index in [4.69, 9.17) is 0 Å². The van der Waals surface area contributed by atoms with Crippen molar-refractivity contribution in [3.63, 3.8) is 0 Å². The minimum absolute atomic E-state index is 0.123. The van der Waals surface area contributed by atoms with Crippen molar-refractivity contribution in [3.05, 3.63) is 70.3 Å². The van der Waals surface area contributed by atoms with Crippen LogP contribution in [0.3, 0.4) is 0 Å². The predicted octanol–water partition coefficient (Wildman–Crippen LogP) is 2.48. The minimum Gasteiger partial charge on any atom is -0.320 e. The average Bonchev–Trinajstić information content (AvgIpc) is 2.48. The summed E-state index contributed by atoms with van der Waals surface area (Å²) < 4.78 is 0. The maximum atomic E-state index is 12.4. The van der Waals surface area contributed by atoms with Crippen LogP contribution in [-0.2, 0) is 0 Å². The zero-order valence-corrected chi connectivity index (χ0v) is 11.4. The lowest BCUT2D eigenvalue weighted by Crippen LogP contribution is -2.21. The Morgan fingerprint density at radius 1 is 1.10 bits per heavy atom. The van der Waals surface area contributed by atoms with E-state index < -0.39 is 11.6 Å². The number of hydrogen-bond acceptors (Lipinski definition) is 3. The molecule has 0 aliphatic heterocycles. The van der Waals surface area contributed by atoms with Gasteiger partial charge in [0, 0.05) is 11.1 Å². The minimum atomic E-state index is -0.538. The molecule has 1 aromatic heterocycles. The number of nitrogens with zero attached hydrogens (tertiary/aromatic N) is 1. The molecule has 1 amide bonds. The summed E-state index contributed by atoms with van der Waals surface area (Å²) in [6.45, 7) is 1.90. The molecular weight excluding hydrogens is 266 g/mol. The Labute approximate surface area is 120 Å². The van der Waals surface area contributed by atoms with Crippen LogP contribution in [0.5, 0.6) is 0 Å². The van der Waals surface area contributed by atoms with Crippen LogP contribution >= 0.6 is 0 Å². The number of aryl methyl sites for hydroxylation is 1. The van der Waals surface area contributed by atoms with E-state index in [-0.39, 0.29) is 5.69 Å². The quantitative estimate of drug-likeness (QED) is 0.756. The van der Waals surface area contributed by atoms with Crippen molar-refractivity contribution in [1.29, 1.82) is 0 Å². The SMILES string of the molecule is Cc1ccccc1NC(=O)c1nc(=O)[nH]c2ccccc12. The van der Waals surface area contributed by atoms with Crippen molar-refractivity contribution in [3.8, 4) is 0 Å². The highest BCUT2D eigenvalue weighted by Gasteiger charge is 2.14. The smallest absolute Gasteiger partial charge is 0.320 e. The predicted molar refractivity (Wildman–Crippen MR) is 81.5 cm³/mol. The third-order valence-electron chi connectivity index (χ3n) is 3.25. The molecule has 0 saturated carbocycles. The van der Waals surface area contributed by atoms with Gasteiger partial charge in [-0.05, 0) is 24.6 Å². The van der Waals surface area contributed by atoms with Gasteiger partial charge in [0.05, 0.1) is 5.52 Å². The number of carbonyl (C=O) groups excluding carboxylic acids is 1. The second-order valence-electron chi connectivity index (χ2n) is 4.71. The van der Waals surface area contributed by atoms with Gasteiger partial charge in [-0.1, -0.05) is 36.4 Å². The number of H-pyrrole nitrogens is 1. The van der Waals surface area contributed by atoms with Crippen molar-refractivity contribution < 1.29 is 4.79 Å². The highest BCUT2D eigenvalue weighted by atomic mass is 16.2. The Kier molecular flexibility index (Phi) is 3.23. The number of rotatable bonds is 2. The standard InChI is InChI=1S/C16H13N3O2/c1-10-6-2-4-8-12(10)17-15(20)14-11-7-3-5-9-13(11)18-16(21)19-14/h2-9H,1H3,(H,17,20)(H,18,19,21). The largest absolute Gasteiger partial charge is 0.346 e. The summed E-state index contributed by atoms with van der Waals surface area (Å²) in [6, 6.07) is 14.5. The summed E-state index contributed by atoms with van der Waals surface area (Å²) in [4.78, 5) is 30.4. The number of aromatic nitrogens is 2. The Bertz CT molecular complexity index is 884. The number of nitrogens with one attached hydrogen (secondary N) is 2. The number of carbonyl (C=O) groups is 1. The van der Waals surface area contributed by atoms with Crippen LogP contribution in [0.2, 0.25) is 0 Å². The van der Waals surface area contributed by atoms with Crippen LogP contribution in [0.15, 0.2) is 53.3 Å². The van der Waals surface area contributed by atoms with Gasteiger partial charge in [-0.25, -0.2) is 4.79 Å². The Hall–Kier alpha value is -2.95. The molecule has 21 heavy (non-hydrogen) atoms. The molecule has 0 atom stereocenters. The molecule has 3 aromatic rings. The molecule has 0 aliphatic carbocycles. The van der Waals surface area contributed by atoms with Crippen LogP contribution in [0.25, 0.3) is 10.9 Å². The zero-order chi connectivity index (χ0) is 14.8. The first-order chi connectivity index (χ1) is 10.1. The van der Waals surface area contributed by atoms with Gasteiger partial charge in [-0.15, -0.1) is 0 Å². The first-order valence-corrected chi connectivity index (χ1v) is 6.51. The van der Waals surface area contributed by atoms with E-state index in [1.54, 1.807) is 24.3 Å². The fourth-order valence-corrected chi connectivity index (χ4v) is 2.17. The second kappa shape index (κ2) is 5.20. The maximum absolute atomic E-state index is 12.4. The Morgan fingerprint density at radius 3 is 2.62 bits per heavy atom. The summed E-state index contributed by atoms with van der Waals surface area (Å²) in [5.74, 6) is -0.397. The molecule has 0 unspecified atom stereocenters. The van der Waals surface area contributed by atoms with Crippen LogP contribution in [-0.4, -0.2) is 15.9 Å². The van der Waals surface area contributed by atoms with Gasteiger partial charge >= 0.3 is 5.69 Å². The fraction of sp³-hybridized carbons (Fsp3) is 0.0625. The van der Waals surface area contributed by atoms with E-state index >= 15 is 0 Å². The van der Waals surface area contributed by atoms with Crippen molar-refractivity contribution in [2.75, 3.05) is 5.32 Å². The third kappa shape index (κ3) is 2.53. The van der Waals surface area contributed by atoms with Gasteiger partial charge in [0.25, 0.3) is 5.91 Å². The lowest BCUT2D eigenvalue weighted by atomic mass is 10.1. The monoisotopic (exact) mass is 279 g/mol. The van der Waals surface area contributed by atoms with Crippen LogP contribution < -0.4 is 11.0 Å². The van der Waals surface area contributed by atoms with Gasteiger partial charge < -0.3 is 10.3 Å². The van der Waals surface area contributed by atoms with Crippen LogP contribution in [0, 0.1) is 6.92 Å². The number of para-hydroxylation sites is 2.